The van der Waals surface area contributed by atoms with Crippen molar-refractivity contribution in [2.45, 2.75) is 13.5 Å². The highest BCUT2D eigenvalue weighted by Gasteiger charge is 2.08. The number of hydrogen-bond acceptors (Lipinski definition) is 3. The van der Waals surface area contributed by atoms with Crippen molar-refractivity contribution in [2.75, 3.05) is 20.3 Å². The molecule has 0 bridgehead atoms. The Labute approximate surface area is 116 Å². The van der Waals surface area contributed by atoms with Gasteiger partial charge < -0.3 is 19.6 Å². The standard InChI is InChI=1S/C13H17N3O2S/c1-9-3-4-10-11(7-9)16(13(19)15-10)8-12(17)14-5-6-18-2/h3-4,7H,5-6,8H2,1-2H3,(H,14,17)(H,15,19). The van der Waals surface area contributed by atoms with Gasteiger partial charge in [-0.1, -0.05) is 6.07 Å². The van der Waals surface area contributed by atoms with Gasteiger partial charge in [-0.15, -0.1) is 0 Å². The molecule has 0 saturated heterocycles. The summed E-state index contributed by atoms with van der Waals surface area (Å²) in [6.45, 7) is 3.23. The molecule has 2 rings (SSSR count). The Morgan fingerprint density at radius 1 is 1.53 bits per heavy atom. The number of ether oxygens (including phenoxy) is 1. The van der Waals surface area contributed by atoms with Gasteiger partial charge in [0.1, 0.15) is 6.54 Å². The number of nitrogens with one attached hydrogen (secondary N) is 2. The maximum absolute atomic E-state index is 11.8. The smallest absolute Gasteiger partial charge is 0.240 e. The third kappa shape index (κ3) is 3.21. The van der Waals surface area contributed by atoms with E-state index in [0.29, 0.717) is 17.9 Å². The molecule has 1 aromatic heterocycles. The van der Waals surface area contributed by atoms with Gasteiger partial charge >= 0.3 is 0 Å². The first-order chi connectivity index (χ1) is 9.11. The van der Waals surface area contributed by atoms with Crippen molar-refractivity contribution < 1.29 is 9.53 Å². The summed E-state index contributed by atoms with van der Waals surface area (Å²) in [5.41, 5.74) is 3.03. The van der Waals surface area contributed by atoms with Gasteiger partial charge in [-0.2, -0.15) is 0 Å². The van der Waals surface area contributed by atoms with Gasteiger partial charge in [-0.3, -0.25) is 4.79 Å². The molecule has 19 heavy (non-hydrogen) atoms. The molecule has 0 saturated carbocycles. The van der Waals surface area contributed by atoms with Crippen molar-refractivity contribution in [1.29, 1.82) is 0 Å². The second-order valence-corrected chi connectivity index (χ2v) is 4.77. The highest BCUT2D eigenvalue weighted by Crippen LogP contribution is 2.15. The summed E-state index contributed by atoms with van der Waals surface area (Å²) in [4.78, 5) is 14.9. The third-order valence-electron chi connectivity index (χ3n) is 2.86. The van der Waals surface area contributed by atoms with Crippen LogP contribution in [0.3, 0.4) is 0 Å². The number of carbonyl (C=O) groups is 1. The lowest BCUT2D eigenvalue weighted by atomic mass is 10.2. The Morgan fingerprint density at radius 3 is 3.05 bits per heavy atom. The van der Waals surface area contributed by atoms with Crippen molar-refractivity contribution in [1.82, 2.24) is 14.9 Å². The van der Waals surface area contributed by atoms with Crippen molar-refractivity contribution in [2.24, 2.45) is 0 Å². The summed E-state index contributed by atoms with van der Waals surface area (Å²) in [6.07, 6.45) is 0. The molecule has 102 valence electrons. The van der Waals surface area contributed by atoms with E-state index >= 15 is 0 Å². The molecule has 1 heterocycles. The molecule has 6 heteroatoms. The fraction of sp³-hybridized carbons (Fsp3) is 0.385. The molecule has 0 aliphatic rings. The number of carbonyl (C=O) groups excluding carboxylic acids is 1. The lowest BCUT2D eigenvalue weighted by Gasteiger charge is -2.06. The summed E-state index contributed by atoms with van der Waals surface area (Å²) in [7, 11) is 1.60. The van der Waals surface area contributed by atoms with E-state index in [1.807, 2.05) is 25.1 Å². The molecule has 0 atom stereocenters. The summed E-state index contributed by atoms with van der Waals surface area (Å²) in [6, 6.07) is 6.00. The quantitative estimate of drug-likeness (QED) is 0.648. The first-order valence-corrected chi connectivity index (χ1v) is 6.47. The molecular formula is C13H17N3O2S. The summed E-state index contributed by atoms with van der Waals surface area (Å²) in [5, 5.41) is 2.78. The number of methoxy groups -OCH3 is 1. The number of aromatic amines is 1. The van der Waals surface area contributed by atoms with Crippen molar-refractivity contribution in [3.05, 3.63) is 28.5 Å². The van der Waals surface area contributed by atoms with E-state index in [0.717, 1.165) is 16.6 Å². The lowest BCUT2D eigenvalue weighted by molar-refractivity contribution is -0.121. The molecule has 0 fully saturated rings. The first-order valence-electron chi connectivity index (χ1n) is 6.06. The number of amides is 1. The molecule has 5 nitrogen and oxygen atoms in total. The Morgan fingerprint density at radius 2 is 2.32 bits per heavy atom. The predicted octanol–water partition coefficient (Wildman–Crippen LogP) is 1.77. The van der Waals surface area contributed by atoms with Crippen molar-refractivity contribution in [3.63, 3.8) is 0 Å². The van der Waals surface area contributed by atoms with Gasteiger partial charge in [0.2, 0.25) is 5.91 Å². The summed E-state index contributed by atoms with van der Waals surface area (Å²) < 4.78 is 7.25. The van der Waals surface area contributed by atoms with Gasteiger partial charge in [0.25, 0.3) is 0 Å². The summed E-state index contributed by atoms with van der Waals surface area (Å²) in [5.74, 6) is -0.0736. The lowest BCUT2D eigenvalue weighted by Crippen LogP contribution is -2.30. The number of benzene rings is 1. The monoisotopic (exact) mass is 279 g/mol. The number of aryl methyl sites for hydroxylation is 1. The minimum atomic E-state index is -0.0736. The van der Waals surface area contributed by atoms with E-state index in [2.05, 4.69) is 10.3 Å². The molecule has 2 aromatic rings. The Balaban J connectivity index is 2.20. The number of imidazole rings is 1. The van der Waals surface area contributed by atoms with Crippen LogP contribution in [0.1, 0.15) is 5.56 Å². The molecular weight excluding hydrogens is 262 g/mol. The molecule has 2 N–H and O–H groups in total. The Kier molecular flexibility index (Phi) is 4.34. The molecule has 0 aliphatic carbocycles. The maximum Gasteiger partial charge on any atom is 0.240 e. The van der Waals surface area contributed by atoms with Gasteiger partial charge in [-0.25, -0.2) is 0 Å². The number of H-pyrrole nitrogens is 1. The van der Waals surface area contributed by atoms with Crippen LogP contribution in [-0.2, 0) is 16.1 Å². The van der Waals surface area contributed by atoms with Crippen molar-refractivity contribution >= 4 is 29.2 Å². The number of aromatic nitrogens is 2. The highest BCUT2D eigenvalue weighted by molar-refractivity contribution is 7.71. The van der Waals surface area contributed by atoms with E-state index < -0.39 is 0 Å². The first kappa shape index (κ1) is 13.8. The largest absolute Gasteiger partial charge is 0.383 e. The van der Waals surface area contributed by atoms with Gasteiger partial charge in [-0.05, 0) is 36.8 Å². The minimum absolute atomic E-state index is 0.0736. The Bertz CT molecular complexity index is 645. The third-order valence-corrected chi connectivity index (χ3v) is 3.18. The Hall–Kier alpha value is -1.66. The number of nitrogens with zero attached hydrogens (tertiary/aromatic N) is 1. The van der Waals surface area contributed by atoms with E-state index in [9.17, 15) is 4.79 Å². The van der Waals surface area contributed by atoms with Crippen LogP contribution in [0.5, 0.6) is 0 Å². The highest BCUT2D eigenvalue weighted by atomic mass is 32.1. The average molecular weight is 279 g/mol. The average Bonchev–Trinajstić information content (AvgIpc) is 2.66. The zero-order chi connectivity index (χ0) is 13.8. The van der Waals surface area contributed by atoms with Gasteiger partial charge in [0.15, 0.2) is 4.77 Å². The van der Waals surface area contributed by atoms with E-state index in [1.165, 1.54) is 0 Å². The fourth-order valence-corrected chi connectivity index (χ4v) is 2.18. The van der Waals surface area contributed by atoms with Crippen LogP contribution in [0, 0.1) is 11.7 Å². The number of rotatable bonds is 5. The zero-order valence-corrected chi connectivity index (χ0v) is 11.8. The molecule has 0 aliphatic heterocycles. The van der Waals surface area contributed by atoms with Crippen LogP contribution >= 0.6 is 12.2 Å². The van der Waals surface area contributed by atoms with Gasteiger partial charge in [0, 0.05) is 13.7 Å². The van der Waals surface area contributed by atoms with Crippen molar-refractivity contribution in [3.8, 4) is 0 Å². The predicted molar refractivity (Wildman–Crippen MR) is 76.7 cm³/mol. The maximum atomic E-state index is 11.8. The number of hydrogen-bond donors (Lipinski definition) is 2. The zero-order valence-electron chi connectivity index (χ0n) is 11.0. The summed E-state index contributed by atoms with van der Waals surface area (Å²) >= 11 is 5.25. The van der Waals surface area contributed by atoms with Crippen LogP contribution in [0.2, 0.25) is 0 Å². The van der Waals surface area contributed by atoms with Crippen LogP contribution in [0.4, 0.5) is 0 Å². The fourth-order valence-electron chi connectivity index (χ4n) is 1.91. The second-order valence-electron chi connectivity index (χ2n) is 4.38. The number of fused-ring (bicyclic) bond motifs is 1. The molecule has 0 radical (unpaired) electrons. The van der Waals surface area contributed by atoms with E-state index in [1.54, 1.807) is 11.7 Å². The van der Waals surface area contributed by atoms with Crippen LogP contribution in [0.25, 0.3) is 11.0 Å². The van der Waals surface area contributed by atoms with Crippen LogP contribution in [-0.4, -0.2) is 35.7 Å². The van der Waals surface area contributed by atoms with Gasteiger partial charge in [0.05, 0.1) is 17.6 Å². The minimum Gasteiger partial charge on any atom is -0.383 e. The van der Waals surface area contributed by atoms with E-state index in [4.69, 9.17) is 17.0 Å². The molecule has 1 aromatic carbocycles. The van der Waals surface area contributed by atoms with E-state index in [-0.39, 0.29) is 12.5 Å². The topological polar surface area (TPSA) is 59.0 Å². The second kappa shape index (κ2) is 5.99. The molecule has 1 amide bonds. The normalized spacial score (nSPS) is 10.8. The van der Waals surface area contributed by atoms with Crippen LogP contribution < -0.4 is 5.32 Å². The van der Waals surface area contributed by atoms with Crippen LogP contribution in [0.15, 0.2) is 18.2 Å². The molecule has 0 spiro atoms. The SMILES string of the molecule is COCCNC(=O)Cn1c(=S)[nH]c2ccc(C)cc21. The molecule has 0 unspecified atom stereocenters.